The van der Waals surface area contributed by atoms with Gasteiger partial charge < -0.3 is 37.9 Å². The SMILES string of the molecule is C=CC(=O)OCCCCCCOc1ccc(OC(=O)C2CCC(OC(=O)c3ccc(OC(=O)C4CCC(OC(=O)c5ccc(OCCCCCCOC(=O)C=C)cc5)CC4)cc3C=O)CC2)cc1. The molecule has 0 N–H and O–H groups in total. The second-order valence-electron chi connectivity index (χ2n) is 16.7. The Morgan fingerprint density at radius 2 is 0.897 bits per heavy atom. The first-order chi connectivity index (χ1) is 33.0. The molecule has 3 aromatic rings. The van der Waals surface area contributed by atoms with Gasteiger partial charge in [0.05, 0.1) is 49.4 Å². The zero-order valence-electron chi connectivity index (χ0n) is 38.6. The summed E-state index contributed by atoms with van der Waals surface area (Å²) >= 11 is 0. The van der Waals surface area contributed by atoms with E-state index in [4.69, 9.17) is 37.9 Å². The van der Waals surface area contributed by atoms with E-state index in [1.54, 1.807) is 48.5 Å². The topological polar surface area (TPSA) is 193 Å². The minimum Gasteiger partial charge on any atom is -0.494 e. The van der Waals surface area contributed by atoms with Crippen LogP contribution >= 0.6 is 0 Å². The fourth-order valence-electron chi connectivity index (χ4n) is 7.80. The number of rotatable bonds is 27. The molecular formula is C53H62O15. The van der Waals surface area contributed by atoms with E-state index in [0.29, 0.717) is 107 Å². The Morgan fingerprint density at radius 1 is 0.485 bits per heavy atom. The maximum atomic E-state index is 13.2. The van der Waals surface area contributed by atoms with E-state index >= 15 is 0 Å². The van der Waals surface area contributed by atoms with E-state index in [1.807, 2.05) is 0 Å². The Morgan fingerprint density at radius 3 is 1.37 bits per heavy atom. The van der Waals surface area contributed by atoms with Crippen molar-refractivity contribution in [1.82, 2.24) is 0 Å². The third kappa shape index (κ3) is 17.8. The zero-order valence-corrected chi connectivity index (χ0v) is 38.6. The first-order valence-electron chi connectivity index (χ1n) is 23.5. The average Bonchev–Trinajstić information content (AvgIpc) is 3.36. The van der Waals surface area contributed by atoms with Gasteiger partial charge in [-0.15, -0.1) is 0 Å². The summed E-state index contributed by atoms with van der Waals surface area (Å²) < 4.78 is 44.2. The summed E-state index contributed by atoms with van der Waals surface area (Å²) in [5.74, 6) is -1.79. The monoisotopic (exact) mass is 938 g/mol. The Bertz CT molecular complexity index is 2150. The highest BCUT2D eigenvalue weighted by Crippen LogP contribution is 2.32. The smallest absolute Gasteiger partial charge is 0.339 e. The quantitative estimate of drug-likeness (QED) is 0.0175. The maximum absolute atomic E-state index is 13.2. The number of benzene rings is 3. The van der Waals surface area contributed by atoms with Gasteiger partial charge in [-0.05, 0) is 169 Å². The molecule has 2 fully saturated rings. The molecule has 0 bridgehead atoms. The van der Waals surface area contributed by atoms with Gasteiger partial charge in [0.2, 0.25) is 0 Å². The Kier molecular flexibility index (Phi) is 21.8. The lowest BCUT2D eigenvalue weighted by molar-refractivity contribution is -0.141. The van der Waals surface area contributed by atoms with Gasteiger partial charge in [0.25, 0.3) is 0 Å². The highest BCUT2D eigenvalue weighted by Gasteiger charge is 2.32. The van der Waals surface area contributed by atoms with Crippen LogP contribution in [0.25, 0.3) is 0 Å². The number of carbonyl (C=O) groups excluding carboxylic acids is 7. The molecule has 2 aliphatic rings. The number of carbonyl (C=O) groups is 7. The van der Waals surface area contributed by atoms with Crippen molar-refractivity contribution in [2.45, 2.75) is 115 Å². The predicted octanol–water partition coefficient (Wildman–Crippen LogP) is 9.48. The highest BCUT2D eigenvalue weighted by atomic mass is 16.6. The van der Waals surface area contributed by atoms with E-state index < -0.39 is 41.9 Å². The van der Waals surface area contributed by atoms with Gasteiger partial charge in [0.15, 0.2) is 6.29 Å². The number of hydrogen-bond donors (Lipinski definition) is 0. The van der Waals surface area contributed by atoms with Crippen LogP contribution in [0.4, 0.5) is 0 Å². The molecule has 0 aromatic heterocycles. The minimum atomic E-state index is -0.688. The third-order valence-corrected chi connectivity index (χ3v) is 11.7. The maximum Gasteiger partial charge on any atom is 0.339 e. The molecule has 68 heavy (non-hydrogen) atoms. The molecule has 0 radical (unpaired) electrons. The molecule has 15 nitrogen and oxygen atoms in total. The van der Waals surface area contributed by atoms with Crippen molar-refractivity contribution in [1.29, 1.82) is 0 Å². The van der Waals surface area contributed by atoms with E-state index in [9.17, 15) is 33.6 Å². The molecule has 2 saturated carbocycles. The summed E-state index contributed by atoms with van der Waals surface area (Å²) in [6.45, 7) is 8.53. The third-order valence-electron chi connectivity index (χ3n) is 11.7. The average molecular weight is 939 g/mol. The van der Waals surface area contributed by atoms with Crippen LogP contribution in [0.2, 0.25) is 0 Å². The van der Waals surface area contributed by atoms with Gasteiger partial charge in [-0.3, -0.25) is 14.4 Å². The predicted molar refractivity (Wildman–Crippen MR) is 249 cm³/mol. The number of unbranched alkanes of at least 4 members (excludes halogenated alkanes) is 6. The van der Waals surface area contributed by atoms with Crippen LogP contribution in [-0.4, -0.2) is 80.7 Å². The Labute approximate surface area is 397 Å². The molecule has 0 unspecified atom stereocenters. The molecule has 0 saturated heterocycles. The lowest BCUT2D eigenvalue weighted by atomic mass is 9.87. The molecule has 3 aromatic carbocycles. The normalized spacial score (nSPS) is 17.6. The van der Waals surface area contributed by atoms with Crippen LogP contribution in [0.15, 0.2) is 92.0 Å². The molecule has 0 amide bonds. The van der Waals surface area contributed by atoms with E-state index in [0.717, 1.165) is 63.5 Å². The molecule has 0 heterocycles. The van der Waals surface area contributed by atoms with Gasteiger partial charge >= 0.3 is 35.8 Å². The molecule has 2 aliphatic carbocycles. The van der Waals surface area contributed by atoms with Crippen molar-refractivity contribution in [2.75, 3.05) is 26.4 Å². The van der Waals surface area contributed by atoms with Gasteiger partial charge in [-0.25, -0.2) is 19.2 Å². The van der Waals surface area contributed by atoms with Crippen molar-refractivity contribution in [2.24, 2.45) is 11.8 Å². The fourth-order valence-corrected chi connectivity index (χ4v) is 7.80. The number of hydrogen-bond acceptors (Lipinski definition) is 15. The Balaban J connectivity index is 0.948. The zero-order chi connectivity index (χ0) is 48.5. The van der Waals surface area contributed by atoms with Crippen LogP contribution in [0.3, 0.4) is 0 Å². The van der Waals surface area contributed by atoms with Crippen molar-refractivity contribution < 1.29 is 71.5 Å². The first kappa shape index (κ1) is 52.2. The second-order valence-corrected chi connectivity index (χ2v) is 16.7. The van der Waals surface area contributed by atoms with Crippen molar-refractivity contribution in [3.05, 3.63) is 109 Å². The number of esters is 6. The van der Waals surface area contributed by atoms with Crippen LogP contribution < -0.4 is 18.9 Å². The molecular weight excluding hydrogens is 877 g/mol. The van der Waals surface area contributed by atoms with Crippen LogP contribution in [0.5, 0.6) is 23.0 Å². The van der Waals surface area contributed by atoms with Gasteiger partial charge in [0.1, 0.15) is 35.2 Å². The molecule has 0 atom stereocenters. The van der Waals surface area contributed by atoms with Crippen LogP contribution in [0.1, 0.15) is 134 Å². The molecule has 0 aliphatic heterocycles. The summed E-state index contributed by atoms with van der Waals surface area (Å²) in [4.78, 5) is 86.3. The Hall–Kier alpha value is -6.77. The number of ether oxygens (including phenoxy) is 8. The van der Waals surface area contributed by atoms with E-state index in [2.05, 4.69) is 13.2 Å². The van der Waals surface area contributed by atoms with Gasteiger partial charge in [-0.2, -0.15) is 0 Å². The minimum absolute atomic E-state index is 0.0160. The molecule has 364 valence electrons. The summed E-state index contributed by atoms with van der Waals surface area (Å²) in [5.41, 5.74) is 0.448. The van der Waals surface area contributed by atoms with Crippen LogP contribution in [0, 0.1) is 11.8 Å². The summed E-state index contributed by atoms with van der Waals surface area (Å²) in [6, 6.07) is 17.8. The summed E-state index contributed by atoms with van der Waals surface area (Å²) in [7, 11) is 0. The highest BCUT2D eigenvalue weighted by molar-refractivity contribution is 5.99. The second kappa shape index (κ2) is 28.4. The van der Waals surface area contributed by atoms with Crippen molar-refractivity contribution in [3.8, 4) is 23.0 Å². The van der Waals surface area contributed by atoms with Crippen molar-refractivity contribution >= 4 is 42.1 Å². The van der Waals surface area contributed by atoms with E-state index in [-0.39, 0.29) is 34.9 Å². The molecule has 0 spiro atoms. The van der Waals surface area contributed by atoms with Gasteiger partial charge in [0, 0.05) is 17.7 Å². The molecule has 5 rings (SSSR count). The summed E-state index contributed by atoms with van der Waals surface area (Å²) in [6.07, 6.45) is 12.6. The lowest BCUT2D eigenvalue weighted by Crippen LogP contribution is -2.30. The number of aldehydes is 1. The lowest BCUT2D eigenvalue weighted by Gasteiger charge is -2.27. The molecule has 15 heteroatoms. The standard InChI is InChI=1S/C53H62O15/c1-3-48(55)63-33-11-7-5-9-31-61-41-19-13-37(14-20-41)50(57)65-43-21-15-39(16-22-43)52(59)68-46-29-30-47(40(35-46)36-54)53(60)67-44-23-17-38(18-24-44)51(58)66-45-27-25-42(26-28-45)62-32-10-6-8-12-34-64-49(56)4-2/h3-4,13-14,19-20,25-30,35-36,38-39,43-44H,1-2,5-12,15-18,21-24,31-34H2. The summed E-state index contributed by atoms with van der Waals surface area (Å²) in [5, 5.41) is 0. The van der Waals surface area contributed by atoms with Crippen molar-refractivity contribution in [3.63, 3.8) is 0 Å². The van der Waals surface area contributed by atoms with Gasteiger partial charge in [-0.1, -0.05) is 13.2 Å². The fraction of sp³-hybridized carbons (Fsp3) is 0.453. The van der Waals surface area contributed by atoms with E-state index in [1.165, 1.54) is 18.2 Å². The largest absolute Gasteiger partial charge is 0.494 e. The first-order valence-corrected chi connectivity index (χ1v) is 23.5. The van der Waals surface area contributed by atoms with Crippen LogP contribution in [-0.2, 0) is 38.1 Å².